The van der Waals surface area contributed by atoms with Crippen molar-refractivity contribution in [1.29, 1.82) is 0 Å². The first kappa shape index (κ1) is 16.6. The molecule has 0 aliphatic heterocycles. The maximum absolute atomic E-state index is 3.36. The topological polar surface area (TPSA) is 0 Å². The van der Waals surface area contributed by atoms with Gasteiger partial charge in [0.1, 0.15) is 0 Å². The van der Waals surface area contributed by atoms with Gasteiger partial charge in [0.15, 0.2) is 0 Å². The molecule has 116 valence electrons. The van der Waals surface area contributed by atoms with Gasteiger partial charge in [-0.25, -0.2) is 0 Å². The lowest BCUT2D eigenvalue weighted by molar-refractivity contribution is 0.579. The van der Waals surface area contributed by atoms with E-state index in [1.807, 2.05) is 0 Å². The molecule has 0 aromatic heterocycles. The Morgan fingerprint density at radius 3 is 2.23 bits per heavy atom. The van der Waals surface area contributed by atoms with Crippen molar-refractivity contribution >= 4 is 10.8 Å². The summed E-state index contributed by atoms with van der Waals surface area (Å²) in [5, 5.41) is 2.55. The highest BCUT2D eigenvalue weighted by molar-refractivity contribution is 5.88. The SMILES string of the molecule is CCCCCCCCCCC#Cc1cccc2ccccc12. The smallest absolute Gasteiger partial charge is 0.0323 e. The van der Waals surface area contributed by atoms with E-state index in [0.29, 0.717) is 0 Å². The van der Waals surface area contributed by atoms with Crippen LogP contribution in [0.2, 0.25) is 0 Å². The van der Waals surface area contributed by atoms with E-state index in [9.17, 15) is 0 Å². The summed E-state index contributed by atoms with van der Waals surface area (Å²) >= 11 is 0. The monoisotopic (exact) mass is 292 g/mol. The molecule has 0 nitrogen and oxygen atoms in total. The summed E-state index contributed by atoms with van der Waals surface area (Å²) in [7, 11) is 0. The van der Waals surface area contributed by atoms with Crippen LogP contribution in [0.3, 0.4) is 0 Å². The van der Waals surface area contributed by atoms with Gasteiger partial charge in [0, 0.05) is 12.0 Å². The number of unbranched alkanes of at least 4 members (excludes halogenated alkanes) is 8. The van der Waals surface area contributed by atoms with Crippen molar-refractivity contribution in [2.24, 2.45) is 0 Å². The summed E-state index contributed by atoms with van der Waals surface area (Å²) in [5.41, 5.74) is 1.16. The molecular weight excluding hydrogens is 264 g/mol. The Kier molecular flexibility index (Phi) is 7.61. The third kappa shape index (κ3) is 5.57. The predicted molar refractivity (Wildman–Crippen MR) is 98.1 cm³/mol. The van der Waals surface area contributed by atoms with Crippen molar-refractivity contribution < 1.29 is 0 Å². The summed E-state index contributed by atoms with van der Waals surface area (Å²) in [5.74, 6) is 6.71. The Bertz CT molecular complexity index is 607. The lowest BCUT2D eigenvalue weighted by Crippen LogP contribution is -1.81. The van der Waals surface area contributed by atoms with Crippen LogP contribution in [0.1, 0.15) is 70.3 Å². The van der Waals surface area contributed by atoms with Crippen LogP contribution < -0.4 is 0 Å². The van der Waals surface area contributed by atoms with E-state index in [-0.39, 0.29) is 0 Å². The molecule has 0 N–H and O–H groups in total. The van der Waals surface area contributed by atoms with Crippen LogP contribution >= 0.6 is 0 Å². The molecule has 0 spiro atoms. The standard InChI is InChI=1S/C22H28/c1-2-3-4-5-6-7-8-9-10-11-15-20-17-14-18-21-16-12-13-19-22(20)21/h12-14,16-19H,2-10H2,1H3. The molecule has 0 atom stereocenters. The maximum Gasteiger partial charge on any atom is 0.0323 e. The minimum atomic E-state index is 1.03. The quantitative estimate of drug-likeness (QED) is 0.374. The second-order valence-electron chi connectivity index (χ2n) is 6.05. The lowest BCUT2D eigenvalue weighted by atomic mass is 10.0. The molecule has 0 radical (unpaired) electrons. The Labute approximate surface area is 135 Å². The highest BCUT2D eigenvalue weighted by Gasteiger charge is 1.96. The molecule has 2 aromatic carbocycles. The van der Waals surface area contributed by atoms with Crippen molar-refractivity contribution in [1.82, 2.24) is 0 Å². The Morgan fingerprint density at radius 1 is 0.727 bits per heavy atom. The van der Waals surface area contributed by atoms with E-state index in [2.05, 4.69) is 61.2 Å². The third-order valence-corrected chi connectivity index (χ3v) is 4.17. The van der Waals surface area contributed by atoms with Gasteiger partial charge in [-0.1, -0.05) is 100 Å². The fraction of sp³-hybridized carbons (Fsp3) is 0.455. The number of hydrogen-bond acceptors (Lipinski definition) is 0. The van der Waals surface area contributed by atoms with Crippen LogP contribution in [-0.2, 0) is 0 Å². The van der Waals surface area contributed by atoms with Gasteiger partial charge in [-0.2, -0.15) is 0 Å². The zero-order valence-electron chi connectivity index (χ0n) is 13.9. The van der Waals surface area contributed by atoms with E-state index in [1.165, 1.54) is 62.1 Å². The average Bonchev–Trinajstić information content (AvgIpc) is 2.56. The van der Waals surface area contributed by atoms with Crippen LogP contribution in [0.15, 0.2) is 42.5 Å². The van der Waals surface area contributed by atoms with Gasteiger partial charge < -0.3 is 0 Å². The van der Waals surface area contributed by atoms with Crippen LogP contribution in [-0.4, -0.2) is 0 Å². The molecule has 0 saturated heterocycles. The summed E-state index contributed by atoms with van der Waals surface area (Å²) in [6.45, 7) is 2.27. The average molecular weight is 292 g/mol. The molecule has 0 fully saturated rings. The first-order valence-electron chi connectivity index (χ1n) is 8.88. The zero-order valence-corrected chi connectivity index (χ0v) is 13.9. The summed E-state index contributed by atoms with van der Waals surface area (Å²) < 4.78 is 0. The molecule has 2 rings (SSSR count). The number of benzene rings is 2. The maximum atomic E-state index is 3.36. The van der Waals surface area contributed by atoms with Crippen molar-refractivity contribution in [3.05, 3.63) is 48.0 Å². The number of fused-ring (bicyclic) bond motifs is 1. The second-order valence-corrected chi connectivity index (χ2v) is 6.05. The zero-order chi connectivity index (χ0) is 15.5. The fourth-order valence-corrected chi connectivity index (χ4v) is 2.84. The van der Waals surface area contributed by atoms with Crippen molar-refractivity contribution in [3.8, 4) is 11.8 Å². The molecule has 22 heavy (non-hydrogen) atoms. The Balaban J connectivity index is 1.70. The molecule has 0 bridgehead atoms. The fourth-order valence-electron chi connectivity index (χ4n) is 2.84. The molecule has 0 aliphatic rings. The van der Waals surface area contributed by atoms with Crippen LogP contribution in [0.4, 0.5) is 0 Å². The molecule has 0 heterocycles. The third-order valence-electron chi connectivity index (χ3n) is 4.17. The summed E-state index contributed by atoms with van der Waals surface area (Å²) in [6, 6.07) is 14.9. The van der Waals surface area contributed by atoms with Crippen molar-refractivity contribution in [3.63, 3.8) is 0 Å². The number of hydrogen-bond donors (Lipinski definition) is 0. The number of rotatable bonds is 8. The molecule has 0 aliphatic carbocycles. The minimum absolute atomic E-state index is 1.03. The van der Waals surface area contributed by atoms with Gasteiger partial charge in [-0.15, -0.1) is 0 Å². The predicted octanol–water partition coefficient (Wildman–Crippen LogP) is 6.72. The molecule has 0 amide bonds. The lowest BCUT2D eigenvalue weighted by Gasteiger charge is -2.00. The van der Waals surface area contributed by atoms with Gasteiger partial charge in [0.2, 0.25) is 0 Å². The van der Waals surface area contributed by atoms with Crippen LogP contribution in [0, 0.1) is 11.8 Å². The van der Waals surface area contributed by atoms with Crippen LogP contribution in [0.25, 0.3) is 10.8 Å². The van der Waals surface area contributed by atoms with Gasteiger partial charge in [-0.05, 0) is 23.3 Å². The Hall–Kier alpha value is -1.74. The Morgan fingerprint density at radius 2 is 1.41 bits per heavy atom. The summed E-state index contributed by atoms with van der Waals surface area (Å²) in [6.07, 6.45) is 11.9. The molecule has 0 unspecified atom stereocenters. The normalized spacial score (nSPS) is 10.4. The van der Waals surface area contributed by atoms with Gasteiger partial charge in [0.25, 0.3) is 0 Å². The highest BCUT2D eigenvalue weighted by Crippen LogP contribution is 2.17. The molecule has 2 aromatic rings. The van der Waals surface area contributed by atoms with E-state index in [0.717, 1.165) is 12.0 Å². The van der Waals surface area contributed by atoms with Gasteiger partial charge >= 0.3 is 0 Å². The van der Waals surface area contributed by atoms with E-state index in [4.69, 9.17) is 0 Å². The van der Waals surface area contributed by atoms with E-state index >= 15 is 0 Å². The largest absolute Gasteiger partial charge is 0.0979 e. The van der Waals surface area contributed by atoms with E-state index < -0.39 is 0 Å². The minimum Gasteiger partial charge on any atom is -0.0979 e. The van der Waals surface area contributed by atoms with Crippen molar-refractivity contribution in [2.45, 2.75) is 64.7 Å². The first-order valence-corrected chi connectivity index (χ1v) is 8.88. The molecular formula is C22H28. The second kappa shape index (κ2) is 10.1. The molecule has 0 heteroatoms. The summed E-state index contributed by atoms with van der Waals surface area (Å²) in [4.78, 5) is 0. The highest BCUT2D eigenvalue weighted by atomic mass is 14.0. The van der Waals surface area contributed by atoms with E-state index in [1.54, 1.807) is 0 Å². The van der Waals surface area contributed by atoms with Gasteiger partial charge in [0.05, 0.1) is 0 Å². The molecule has 0 saturated carbocycles. The van der Waals surface area contributed by atoms with Gasteiger partial charge in [-0.3, -0.25) is 0 Å². The first-order chi connectivity index (χ1) is 10.9. The van der Waals surface area contributed by atoms with Crippen LogP contribution in [0.5, 0.6) is 0 Å². The van der Waals surface area contributed by atoms with Crippen molar-refractivity contribution in [2.75, 3.05) is 0 Å².